The highest BCUT2D eigenvalue weighted by Gasteiger charge is 2.35. The third kappa shape index (κ3) is 3.56. The summed E-state index contributed by atoms with van der Waals surface area (Å²) in [5.74, 6) is -1.14. The fourth-order valence-electron chi connectivity index (χ4n) is 3.62. The fourth-order valence-corrected chi connectivity index (χ4v) is 5.33. The molecule has 0 aliphatic carbocycles. The molecule has 1 N–H and O–H groups in total. The minimum atomic E-state index is -3.77. The number of benzene rings is 1. The van der Waals surface area contributed by atoms with Crippen molar-refractivity contribution in [3.63, 3.8) is 0 Å². The Morgan fingerprint density at radius 1 is 1.24 bits per heavy atom. The van der Waals surface area contributed by atoms with E-state index in [4.69, 9.17) is 0 Å². The summed E-state index contributed by atoms with van der Waals surface area (Å²) in [5.41, 5.74) is -0.0611. The molecule has 138 valence electrons. The van der Waals surface area contributed by atoms with E-state index in [9.17, 15) is 17.6 Å². The van der Waals surface area contributed by atoms with E-state index in [0.717, 1.165) is 31.7 Å². The van der Waals surface area contributed by atoms with Gasteiger partial charge in [0.25, 0.3) is 5.91 Å². The second kappa shape index (κ2) is 7.39. The SMILES string of the molecule is CNCC1CCCN1S(=O)(=O)c1ccc(C(=O)N2CCCC2)c(F)c1. The van der Waals surface area contributed by atoms with Gasteiger partial charge < -0.3 is 10.2 Å². The second-order valence-corrected chi connectivity index (χ2v) is 8.50. The van der Waals surface area contributed by atoms with Crippen LogP contribution in [0.2, 0.25) is 0 Å². The number of halogens is 1. The Morgan fingerprint density at radius 2 is 1.96 bits per heavy atom. The van der Waals surface area contributed by atoms with Crippen LogP contribution in [0.5, 0.6) is 0 Å². The smallest absolute Gasteiger partial charge is 0.256 e. The Bertz CT molecular complexity index is 748. The van der Waals surface area contributed by atoms with Gasteiger partial charge in [-0.3, -0.25) is 4.79 Å². The number of carbonyl (C=O) groups is 1. The minimum absolute atomic E-state index is 0.0611. The molecule has 0 saturated carbocycles. The Labute approximate surface area is 148 Å². The average molecular weight is 369 g/mol. The van der Waals surface area contributed by atoms with Crippen molar-refractivity contribution in [3.05, 3.63) is 29.6 Å². The highest BCUT2D eigenvalue weighted by Crippen LogP contribution is 2.27. The summed E-state index contributed by atoms with van der Waals surface area (Å²) in [4.78, 5) is 13.9. The van der Waals surface area contributed by atoms with Crippen molar-refractivity contribution in [1.29, 1.82) is 0 Å². The van der Waals surface area contributed by atoms with E-state index in [1.807, 2.05) is 0 Å². The Balaban J connectivity index is 1.85. The zero-order chi connectivity index (χ0) is 18.0. The van der Waals surface area contributed by atoms with Crippen LogP contribution in [0.15, 0.2) is 23.1 Å². The van der Waals surface area contributed by atoms with Crippen LogP contribution in [0.1, 0.15) is 36.0 Å². The van der Waals surface area contributed by atoms with E-state index in [1.165, 1.54) is 16.4 Å². The largest absolute Gasteiger partial charge is 0.339 e. The molecule has 2 saturated heterocycles. The molecule has 1 aromatic carbocycles. The molecule has 2 aliphatic rings. The first kappa shape index (κ1) is 18.3. The number of hydrogen-bond donors (Lipinski definition) is 1. The van der Waals surface area contributed by atoms with E-state index >= 15 is 0 Å². The van der Waals surface area contributed by atoms with E-state index in [0.29, 0.717) is 26.2 Å². The van der Waals surface area contributed by atoms with Crippen LogP contribution in [0.4, 0.5) is 4.39 Å². The maximum atomic E-state index is 14.5. The summed E-state index contributed by atoms with van der Waals surface area (Å²) < 4.78 is 41.6. The summed E-state index contributed by atoms with van der Waals surface area (Å²) in [6.07, 6.45) is 3.41. The maximum absolute atomic E-state index is 14.5. The number of nitrogens with zero attached hydrogens (tertiary/aromatic N) is 2. The topological polar surface area (TPSA) is 69.7 Å². The number of likely N-dealkylation sites (N-methyl/N-ethyl adjacent to an activating group) is 1. The van der Waals surface area contributed by atoms with Gasteiger partial charge in [-0.05, 0) is 50.9 Å². The predicted octanol–water partition coefficient (Wildman–Crippen LogP) is 1.43. The molecule has 1 aromatic rings. The molecule has 1 unspecified atom stereocenters. The Hall–Kier alpha value is -1.51. The maximum Gasteiger partial charge on any atom is 0.256 e. The molecule has 25 heavy (non-hydrogen) atoms. The summed E-state index contributed by atoms with van der Waals surface area (Å²) in [6, 6.07) is 3.50. The highest BCUT2D eigenvalue weighted by atomic mass is 32.2. The van der Waals surface area contributed by atoms with Crippen LogP contribution in [0, 0.1) is 5.82 Å². The first-order chi connectivity index (χ1) is 11.9. The van der Waals surface area contributed by atoms with Crippen LogP contribution in [-0.2, 0) is 10.0 Å². The number of sulfonamides is 1. The number of amides is 1. The molecule has 1 amide bonds. The van der Waals surface area contributed by atoms with E-state index < -0.39 is 15.8 Å². The number of carbonyl (C=O) groups excluding carboxylic acids is 1. The zero-order valence-corrected chi connectivity index (χ0v) is 15.2. The molecule has 0 aromatic heterocycles. The molecule has 3 rings (SSSR count). The molecule has 2 aliphatic heterocycles. The monoisotopic (exact) mass is 369 g/mol. The van der Waals surface area contributed by atoms with Crippen molar-refractivity contribution in [2.45, 2.75) is 36.6 Å². The first-order valence-corrected chi connectivity index (χ1v) is 10.1. The number of nitrogens with one attached hydrogen (secondary N) is 1. The summed E-state index contributed by atoms with van der Waals surface area (Å²) >= 11 is 0. The average Bonchev–Trinajstić information content (AvgIpc) is 3.26. The third-order valence-electron chi connectivity index (χ3n) is 4.93. The minimum Gasteiger partial charge on any atom is -0.339 e. The quantitative estimate of drug-likeness (QED) is 0.853. The van der Waals surface area contributed by atoms with Crippen LogP contribution < -0.4 is 5.32 Å². The number of rotatable bonds is 5. The van der Waals surface area contributed by atoms with Gasteiger partial charge in [0.2, 0.25) is 10.0 Å². The summed E-state index contributed by atoms with van der Waals surface area (Å²) in [6.45, 7) is 2.24. The van der Waals surface area contributed by atoms with Gasteiger partial charge in [-0.25, -0.2) is 12.8 Å². The van der Waals surface area contributed by atoms with Gasteiger partial charge >= 0.3 is 0 Å². The van der Waals surface area contributed by atoms with Crippen LogP contribution in [-0.4, -0.2) is 62.8 Å². The van der Waals surface area contributed by atoms with E-state index in [-0.39, 0.29) is 22.4 Å². The van der Waals surface area contributed by atoms with Gasteiger partial charge in [0.1, 0.15) is 5.82 Å². The number of likely N-dealkylation sites (tertiary alicyclic amines) is 1. The molecule has 0 bridgehead atoms. The number of hydrogen-bond acceptors (Lipinski definition) is 4. The van der Waals surface area contributed by atoms with Crippen LogP contribution in [0.25, 0.3) is 0 Å². The molecule has 0 radical (unpaired) electrons. The molecule has 2 fully saturated rings. The predicted molar refractivity (Wildman–Crippen MR) is 92.4 cm³/mol. The highest BCUT2D eigenvalue weighted by molar-refractivity contribution is 7.89. The Kier molecular flexibility index (Phi) is 5.41. The molecular formula is C17H24FN3O3S. The van der Waals surface area contributed by atoms with Crippen LogP contribution >= 0.6 is 0 Å². The lowest BCUT2D eigenvalue weighted by Gasteiger charge is -2.24. The first-order valence-electron chi connectivity index (χ1n) is 8.70. The van der Waals surface area contributed by atoms with Gasteiger partial charge in [0, 0.05) is 32.2 Å². The molecular weight excluding hydrogens is 345 g/mol. The van der Waals surface area contributed by atoms with Crippen molar-refractivity contribution >= 4 is 15.9 Å². The molecule has 0 spiro atoms. The Morgan fingerprint density at radius 3 is 2.60 bits per heavy atom. The van der Waals surface area contributed by atoms with E-state index in [2.05, 4.69) is 5.32 Å². The normalized spacial score (nSPS) is 21.8. The van der Waals surface area contributed by atoms with Gasteiger partial charge in [0.05, 0.1) is 10.5 Å². The molecule has 6 nitrogen and oxygen atoms in total. The van der Waals surface area contributed by atoms with Crippen molar-refractivity contribution in [1.82, 2.24) is 14.5 Å². The lowest BCUT2D eigenvalue weighted by atomic mass is 10.2. The zero-order valence-electron chi connectivity index (χ0n) is 14.4. The lowest BCUT2D eigenvalue weighted by molar-refractivity contribution is 0.0788. The van der Waals surface area contributed by atoms with Crippen molar-refractivity contribution in [2.75, 3.05) is 33.2 Å². The van der Waals surface area contributed by atoms with Crippen molar-refractivity contribution < 1.29 is 17.6 Å². The van der Waals surface area contributed by atoms with E-state index in [1.54, 1.807) is 11.9 Å². The molecule has 1 atom stereocenters. The second-order valence-electron chi connectivity index (χ2n) is 6.61. The molecule has 8 heteroatoms. The third-order valence-corrected chi connectivity index (χ3v) is 6.88. The lowest BCUT2D eigenvalue weighted by Crippen LogP contribution is -2.40. The van der Waals surface area contributed by atoms with Gasteiger partial charge in [-0.15, -0.1) is 0 Å². The van der Waals surface area contributed by atoms with Crippen molar-refractivity contribution in [2.24, 2.45) is 0 Å². The van der Waals surface area contributed by atoms with Gasteiger partial charge in [-0.2, -0.15) is 4.31 Å². The van der Waals surface area contributed by atoms with Gasteiger partial charge in [0.15, 0.2) is 0 Å². The molecule has 2 heterocycles. The van der Waals surface area contributed by atoms with Gasteiger partial charge in [-0.1, -0.05) is 0 Å². The standard InChI is InChI=1S/C17H24FN3O3S/c1-19-12-13-5-4-10-21(13)25(23,24)14-6-7-15(16(18)11-14)17(22)20-8-2-3-9-20/h6-7,11,13,19H,2-5,8-10,12H2,1H3. The van der Waals surface area contributed by atoms with Crippen molar-refractivity contribution in [3.8, 4) is 0 Å². The fraction of sp³-hybridized carbons (Fsp3) is 0.588. The summed E-state index contributed by atoms with van der Waals surface area (Å²) in [7, 11) is -1.99. The van der Waals surface area contributed by atoms with Crippen LogP contribution in [0.3, 0.4) is 0 Å². The summed E-state index contributed by atoms with van der Waals surface area (Å²) in [5, 5.41) is 3.00.